The van der Waals surface area contributed by atoms with Crippen molar-refractivity contribution in [3.05, 3.63) is 59.7 Å². The minimum atomic E-state index is 0.514. The van der Waals surface area contributed by atoms with Crippen molar-refractivity contribution in [3.8, 4) is 11.5 Å². The zero-order chi connectivity index (χ0) is 16.3. The summed E-state index contributed by atoms with van der Waals surface area (Å²) in [7, 11) is 1.66. The topological polar surface area (TPSA) is 39.7 Å². The number of hydrogen-bond donors (Lipinski definition) is 1. The maximum Gasteiger partial charge on any atom is 0.165 e. The third-order valence-electron chi connectivity index (χ3n) is 3.45. The minimum Gasteiger partial charge on any atom is -0.493 e. The Kier molecular flexibility index (Phi) is 7.43. The van der Waals surface area contributed by atoms with E-state index < -0.39 is 0 Å². The summed E-state index contributed by atoms with van der Waals surface area (Å²) in [5.74, 6) is 1.54. The summed E-state index contributed by atoms with van der Waals surface area (Å²) in [5.41, 5.74) is 2.34. The van der Waals surface area contributed by atoms with Crippen molar-refractivity contribution in [2.45, 2.75) is 20.0 Å². The molecule has 0 aromatic heterocycles. The fourth-order valence-electron chi connectivity index (χ4n) is 2.31. The van der Waals surface area contributed by atoms with Gasteiger partial charge in [-0.05, 0) is 18.6 Å². The lowest BCUT2D eigenvalue weighted by Crippen LogP contribution is -2.15. The summed E-state index contributed by atoms with van der Waals surface area (Å²) < 4.78 is 16.6. The lowest BCUT2D eigenvalue weighted by molar-refractivity contribution is 0.108. The smallest absolute Gasteiger partial charge is 0.165 e. The predicted octanol–water partition coefficient (Wildman–Crippen LogP) is 3.40. The first kappa shape index (κ1) is 17.3. The van der Waals surface area contributed by atoms with Crippen molar-refractivity contribution >= 4 is 0 Å². The molecule has 0 fully saturated rings. The average molecular weight is 315 g/mol. The number of ether oxygens (including phenoxy) is 3. The van der Waals surface area contributed by atoms with Gasteiger partial charge in [-0.2, -0.15) is 0 Å². The highest BCUT2D eigenvalue weighted by Gasteiger charge is 2.10. The quantitative estimate of drug-likeness (QED) is 0.682. The van der Waals surface area contributed by atoms with Gasteiger partial charge in [-0.15, -0.1) is 0 Å². The van der Waals surface area contributed by atoms with Gasteiger partial charge in [0.15, 0.2) is 11.5 Å². The zero-order valence-electron chi connectivity index (χ0n) is 13.9. The first-order valence-corrected chi connectivity index (χ1v) is 7.96. The number of hydrogen-bond acceptors (Lipinski definition) is 4. The van der Waals surface area contributed by atoms with E-state index in [2.05, 4.69) is 23.5 Å². The van der Waals surface area contributed by atoms with Gasteiger partial charge in [-0.1, -0.05) is 42.5 Å². The second-order valence-corrected chi connectivity index (χ2v) is 5.08. The third kappa shape index (κ3) is 5.58. The molecule has 1 N–H and O–H groups in total. The Morgan fingerprint density at radius 1 is 0.913 bits per heavy atom. The normalized spacial score (nSPS) is 10.5. The van der Waals surface area contributed by atoms with Crippen LogP contribution in [0.25, 0.3) is 0 Å². The van der Waals surface area contributed by atoms with Crippen LogP contribution in [0.2, 0.25) is 0 Å². The van der Waals surface area contributed by atoms with Crippen LogP contribution in [0, 0.1) is 0 Å². The monoisotopic (exact) mass is 315 g/mol. The third-order valence-corrected chi connectivity index (χ3v) is 3.45. The summed E-state index contributed by atoms with van der Waals surface area (Å²) >= 11 is 0. The van der Waals surface area contributed by atoms with Crippen LogP contribution >= 0.6 is 0 Å². The fourth-order valence-corrected chi connectivity index (χ4v) is 2.31. The highest BCUT2D eigenvalue weighted by molar-refractivity contribution is 5.46. The van der Waals surface area contributed by atoms with Crippen molar-refractivity contribution < 1.29 is 14.2 Å². The maximum atomic E-state index is 5.87. The van der Waals surface area contributed by atoms with Crippen molar-refractivity contribution in [3.63, 3.8) is 0 Å². The Morgan fingerprint density at radius 2 is 1.74 bits per heavy atom. The van der Waals surface area contributed by atoms with E-state index in [9.17, 15) is 0 Å². The van der Waals surface area contributed by atoms with Gasteiger partial charge in [0, 0.05) is 25.3 Å². The summed E-state index contributed by atoms with van der Waals surface area (Å²) in [4.78, 5) is 0. The van der Waals surface area contributed by atoms with Crippen LogP contribution < -0.4 is 14.8 Å². The van der Waals surface area contributed by atoms with E-state index in [4.69, 9.17) is 14.2 Å². The molecule has 0 radical (unpaired) electrons. The molecule has 0 unspecified atom stereocenters. The average Bonchev–Trinajstić information content (AvgIpc) is 2.60. The molecule has 124 valence electrons. The Morgan fingerprint density at radius 3 is 2.48 bits per heavy atom. The van der Waals surface area contributed by atoms with Gasteiger partial charge >= 0.3 is 0 Å². The number of rotatable bonds is 10. The highest BCUT2D eigenvalue weighted by Crippen LogP contribution is 2.31. The molecule has 0 atom stereocenters. The lowest BCUT2D eigenvalue weighted by Gasteiger charge is -2.15. The van der Waals surface area contributed by atoms with E-state index in [0.29, 0.717) is 19.8 Å². The van der Waals surface area contributed by atoms with Crippen LogP contribution in [0.3, 0.4) is 0 Å². The SMILES string of the molecule is CCOCCOc1c(CNCc2ccccc2)cccc1OC. The Labute approximate surface area is 138 Å². The van der Waals surface area contributed by atoms with Crippen molar-refractivity contribution in [2.75, 3.05) is 26.9 Å². The van der Waals surface area contributed by atoms with Gasteiger partial charge in [0.2, 0.25) is 0 Å². The fraction of sp³-hybridized carbons (Fsp3) is 0.368. The molecule has 0 spiro atoms. The van der Waals surface area contributed by atoms with E-state index in [1.165, 1.54) is 5.56 Å². The number of para-hydroxylation sites is 1. The Bertz CT molecular complexity index is 572. The molecule has 0 aliphatic carbocycles. The van der Waals surface area contributed by atoms with Crippen LogP contribution in [0.15, 0.2) is 48.5 Å². The van der Waals surface area contributed by atoms with Crippen molar-refractivity contribution in [1.29, 1.82) is 0 Å². The second kappa shape index (κ2) is 9.87. The van der Waals surface area contributed by atoms with E-state index in [-0.39, 0.29) is 0 Å². The Balaban J connectivity index is 1.96. The molecule has 23 heavy (non-hydrogen) atoms. The first-order chi connectivity index (χ1) is 11.3. The molecular formula is C19H25NO3. The van der Waals surface area contributed by atoms with E-state index >= 15 is 0 Å². The molecule has 0 aliphatic heterocycles. The summed E-state index contributed by atoms with van der Waals surface area (Å²) in [6, 6.07) is 16.3. The van der Waals surface area contributed by atoms with Gasteiger partial charge in [-0.25, -0.2) is 0 Å². The van der Waals surface area contributed by atoms with Crippen LogP contribution in [0.1, 0.15) is 18.1 Å². The standard InChI is InChI=1S/C19H25NO3/c1-3-22-12-13-23-19-17(10-7-11-18(19)21-2)15-20-14-16-8-5-4-6-9-16/h4-11,20H,3,12-15H2,1-2H3. The number of methoxy groups -OCH3 is 1. The summed E-state index contributed by atoms with van der Waals surface area (Å²) in [6.07, 6.45) is 0. The predicted molar refractivity (Wildman–Crippen MR) is 92.0 cm³/mol. The van der Waals surface area contributed by atoms with E-state index in [1.54, 1.807) is 7.11 Å². The molecule has 2 rings (SSSR count). The zero-order valence-corrected chi connectivity index (χ0v) is 13.9. The van der Waals surface area contributed by atoms with Gasteiger partial charge in [0.1, 0.15) is 6.61 Å². The van der Waals surface area contributed by atoms with Crippen LogP contribution in [0.4, 0.5) is 0 Å². The lowest BCUT2D eigenvalue weighted by atomic mass is 10.1. The highest BCUT2D eigenvalue weighted by atomic mass is 16.5. The van der Waals surface area contributed by atoms with Crippen LogP contribution in [0.5, 0.6) is 11.5 Å². The second-order valence-electron chi connectivity index (χ2n) is 5.08. The molecule has 4 heteroatoms. The van der Waals surface area contributed by atoms with Gasteiger partial charge in [0.25, 0.3) is 0 Å². The molecule has 4 nitrogen and oxygen atoms in total. The number of benzene rings is 2. The summed E-state index contributed by atoms with van der Waals surface area (Å²) in [5, 5.41) is 3.44. The van der Waals surface area contributed by atoms with Gasteiger partial charge in [0.05, 0.1) is 13.7 Å². The van der Waals surface area contributed by atoms with Crippen molar-refractivity contribution in [2.24, 2.45) is 0 Å². The van der Waals surface area contributed by atoms with E-state index in [1.807, 2.05) is 37.3 Å². The first-order valence-electron chi connectivity index (χ1n) is 7.96. The van der Waals surface area contributed by atoms with Crippen molar-refractivity contribution in [1.82, 2.24) is 5.32 Å². The minimum absolute atomic E-state index is 0.514. The molecule has 0 saturated heterocycles. The largest absolute Gasteiger partial charge is 0.493 e. The maximum absolute atomic E-state index is 5.87. The molecule has 0 saturated carbocycles. The van der Waals surface area contributed by atoms with Crippen LogP contribution in [-0.2, 0) is 17.8 Å². The van der Waals surface area contributed by atoms with Gasteiger partial charge < -0.3 is 19.5 Å². The molecule has 0 amide bonds. The molecule has 2 aromatic carbocycles. The molecule has 0 heterocycles. The Hall–Kier alpha value is -2.04. The van der Waals surface area contributed by atoms with Gasteiger partial charge in [-0.3, -0.25) is 0 Å². The molecular weight excluding hydrogens is 290 g/mol. The molecule has 0 bridgehead atoms. The molecule has 2 aromatic rings. The summed E-state index contributed by atoms with van der Waals surface area (Å²) in [6.45, 7) is 5.29. The number of nitrogens with one attached hydrogen (secondary N) is 1. The molecule has 0 aliphatic rings. The van der Waals surface area contributed by atoms with Crippen LogP contribution in [-0.4, -0.2) is 26.9 Å². The van der Waals surface area contributed by atoms with E-state index in [0.717, 1.165) is 30.2 Å².